The average molecular weight is 278 g/mol. The molecule has 0 spiro atoms. The van der Waals surface area contributed by atoms with Crippen LogP contribution in [0.2, 0.25) is 0 Å². The lowest BCUT2D eigenvalue weighted by molar-refractivity contribution is 0.0136. The Bertz CT molecular complexity index is 432. The maximum atomic E-state index is 10.9. The van der Waals surface area contributed by atoms with Crippen molar-refractivity contribution < 1.29 is 5.11 Å². The molecule has 1 heterocycles. The Morgan fingerprint density at radius 2 is 2.10 bits per heavy atom. The van der Waals surface area contributed by atoms with E-state index in [4.69, 9.17) is 0 Å². The molecule has 3 nitrogen and oxygen atoms in total. The standard InChI is InChI=1S/C17H30N2O/c1-16(2,3)14-6-5-9-17(20,10-7-14)11-8-15-18-12-13-19(15)4/h12-14,20H,5-11H2,1-4H3. The molecule has 20 heavy (non-hydrogen) atoms. The number of hydrogen-bond acceptors (Lipinski definition) is 2. The zero-order valence-corrected chi connectivity index (χ0v) is 13.5. The minimum Gasteiger partial charge on any atom is -0.390 e. The molecule has 2 unspecified atom stereocenters. The molecule has 0 bridgehead atoms. The van der Waals surface area contributed by atoms with Gasteiger partial charge in [-0.25, -0.2) is 4.98 Å². The van der Waals surface area contributed by atoms with E-state index in [-0.39, 0.29) is 0 Å². The molecule has 2 atom stereocenters. The van der Waals surface area contributed by atoms with Crippen molar-refractivity contribution in [1.82, 2.24) is 9.55 Å². The van der Waals surface area contributed by atoms with Crippen LogP contribution in [0.4, 0.5) is 0 Å². The molecule has 1 fully saturated rings. The van der Waals surface area contributed by atoms with Crippen LogP contribution in [-0.2, 0) is 13.5 Å². The molecular weight excluding hydrogens is 248 g/mol. The first-order valence-corrected chi connectivity index (χ1v) is 7.99. The fourth-order valence-corrected chi connectivity index (χ4v) is 3.49. The zero-order valence-electron chi connectivity index (χ0n) is 13.5. The van der Waals surface area contributed by atoms with Gasteiger partial charge in [-0.1, -0.05) is 27.2 Å². The Morgan fingerprint density at radius 3 is 2.70 bits per heavy atom. The van der Waals surface area contributed by atoms with Crippen LogP contribution < -0.4 is 0 Å². The van der Waals surface area contributed by atoms with Crippen molar-refractivity contribution in [3.05, 3.63) is 18.2 Å². The van der Waals surface area contributed by atoms with Gasteiger partial charge in [0.1, 0.15) is 5.82 Å². The summed E-state index contributed by atoms with van der Waals surface area (Å²) in [6.45, 7) is 6.99. The van der Waals surface area contributed by atoms with Gasteiger partial charge in [-0.05, 0) is 43.4 Å². The molecule has 1 aromatic rings. The van der Waals surface area contributed by atoms with E-state index in [0.29, 0.717) is 5.41 Å². The van der Waals surface area contributed by atoms with E-state index >= 15 is 0 Å². The van der Waals surface area contributed by atoms with Crippen molar-refractivity contribution in [3.8, 4) is 0 Å². The number of aromatic nitrogens is 2. The van der Waals surface area contributed by atoms with E-state index in [9.17, 15) is 5.11 Å². The Morgan fingerprint density at radius 1 is 1.35 bits per heavy atom. The summed E-state index contributed by atoms with van der Waals surface area (Å²) in [6, 6.07) is 0. The summed E-state index contributed by atoms with van der Waals surface area (Å²) in [5.41, 5.74) is -0.114. The van der Waals surface area contributed by atoms with Crippen LogP contribution in [0.1, 0.15) is 65.1 Å². The van der Waals surface area contributed by atoms with Crippen molar-refractivity contribution in [2.75, 3.05) is 0 Å². The summed E-state index contributed by atoms with van der Waals surface area (Å²) in [7, 11) is 2.02. The minimum atomic E-state index is -0.480. The van der Waals surface area contributed by atoms with E-state index < -0.39 is 5.60 Å². The predicted molar refractivity (Wildman–Crippen MR) is 82.5 cm³/mol. The lowest BCUT2D eigenvalue weighted by atomic mass is 9.76. The topological polar surface area (TPSA) is 38.0 Å². The third kappa shape index (κ3) is 3.85. The molecule has 0 saturated heterocycles. The molecule has 0 aliphatic heterocycles. The molecule has 1 aromatic heterocycles. The molecule has 1 aliphatic carbocycles. The second-order valence-electron chi connectivity index (χ2n) is 7.67. The molecule has 0 amide bonds. The van der Waals surface area contributed by atoms with Gasteiger partial charge in [0.25, 0.3) is 0 Å². The normalized spacial score (nSPS) is 28.4. The van der Waals surface area contributed by atoms with Gasteiger partial charge >= 0.3 is 0 Å². The van der Waals surface area contributed by atoms with Gasteiger partial charge in [0.2, 0.25) is 0 Å². The van der Waals surface area contributed by atoms with Gasteiger partial charge < -0.3 is 9.67 Å². The van der Waals surface area contributed by atoms with E-state index in [2.05, 4.69) is 30.3 Å². The first-order valence-electron chi connectivity index (χ1n) is 7.99. The molecule has 1 N–H and O–H groups in total. The molecule has 0 radical (unpaired) electrons. The Labute approximate surface area is 123 Å². The van der Waals surface area contributed by atoms with Gasteiger partial charge in [-0.3, -0.25) is 0 Å². The largest absolute Gasteiger partial charge is 0.390 e. The monoisotopic (exact) mass is 278 g/mol. The molecule has 3 heteroatoms. The fraction of sp³-hybridized carbons (Fsp3) is 0.824. The highest BCUT2D eigenvalue weighted by molar-refractivity contribution is 4.95. The number of aliphatic hydroxyl groups is 1. The molecule has 0 aromatic carbocycles. The third-order valence-corrected chi connectivity index (χ3v) is 5.11. The number of rotatable bonds is 3. The second kappa shape index (κ2) is 5.88. The van der Waals surface area contributed by atoms with Gasteiger partial charge in [-0.15, -0.1) is 0 Å². The summed E-state index contributed by atoms with van der Waals surface area (Å²) < 4.78 is 2.05. The van der Waals surface area contributed by atoms with Crippen LogP contribution >= 0.6 is 0 Å². The van der Waals surface area contributed by atoms with Gasteiger partial charge in [-0.2, -0.15) is 0 Å². The molecule has 114 valence electrons. The van der Waals surface area contributed by atoms with E-state index in [0.717, 1.165) is 50.3 Å². The minimum absolute atomic E-state index is 0.366. The maximum absolute atomic E-state index is 10.9. The van der Waals surface area contributed by atoms with Crippen molar-refractivity contribution in [1.29, 1.82) is 0 Å². The van der Waals surface area contributed by atoms with Crippen molar-refractivity contribution in [3.63, 3.8) is 0 Å². The van der Waals surface area contributed by atoms with E-state index in [1.807, 2.05) is 19.4 Å². The Hall–Kier alpha value is -0.830. The molecule has 1 aliphatic rings. The maximum Gasteiger partial charge on any atom is 0.108 e. The quantitative estimate of drug-likeness (QED) is 0.856. The van der Waals surface area contributed by atoms with Crippen LogP contribution in [-0.4, -0.2) is 20.3 Å². The highest BCUT2D eigenvalue weighted by Gasteiger charge is 2.34. The van der Waals surface area contributed by atoms with Gasteiger partial charge in [0, 0.05) is 25.9 Å². The number of aryl methyl sites for hydroxylation is 2. The van der Waals surface area contributed by atoms with Crippen LogP contribution in [0.5, 0.6) is 0 Å². The Kier molecular flexibility index (Phi) is 4.58. The second-order valence-corrected chi connectivity index (χ2v) is 7.67. The Balaban J connectivity index is 1.92. The third-order valence-electron chi connectivity index (χ3n) is 5.11. The lowest BCUT2D eigenvalue weighted by Crippen LogP contribution is -2.29. The predicted octanol–water partition coefficient (Wildman–Crippen LogP) is 3.71. The van der Waals surface area contributed by atoms with Gasteiger partial charge in [0.15, 0.2) is 0 Å². The van der Waals surface area contributed by atoms with Crippen molar-refractivity contribution in [2.45, 2.75) is 71.3 Å². The van der Waals surface area contributed by atoms with E-state index in [1.54, 1.807) is 0 Å². The number of hydrogen-bond donors (Lipinski definition) is 1. The summed E-state index contributed by atoms with van der Waals surface area (Å²) in [6.07, 6.45) is 11.0. The van der Waals surface area contributed by atoms with E-state index in [1.165, 1.54) is 6.42 Å². The first kappa shape index (κ1) is 15.6. The average Bonchev–Trinajstić information content (AvgIpc) is 2.64. The SMILES string of the molecule is Cn1ccnc1CCC1(O)CCCC(C(C)(C)C)CC1. The zero-order chi connectivity index (χ0) is 14.8. The van der Waals surface area contributed by atoms with Gasteiger partial charge in [0.05, 0.1) is 5.60 Å². The first-order chi connectivity index (χ1) is 9.30. The van der Waals surface area contributed by atoms with Crippen molar-refractivity contribution in [2.24, 2.45) is 18.4 Å². The molecular formula is C17H30N2O. The number of imidazole rings is 1. The van der Waals surface area contributed by atoms with Crippen molar-refractivity contribution >= 4 is 0 Å². The smallest absolute Gasteiger partial charge is 0.108 e. The van der Waals surface area contributed by atoms with Crippen LogP contribution in [0.25, 0.3) is 0 Å². The van der Waals surface area contributed by atoms with Crippen LogP contribution in [0, 0.1) is 11.3 Å². The summed E-state index contributed by atoms with van der Waals surface area (Å²) >= 11 is 0. The molecule has 2 rings (SSSR count). The highest BCUT2D eigenvalue weighted by atomic mass is 16.3. The van der Waals surface area contributed by atoms with Crippen LogP contribution in [0.3, 0.4) is 0 Å². The highest BCUT2D eigenvalue weighted by Crippen LogP contribution is 2.40. The number of nitrogens with zero attached hydrogens (tertiary/aromatic N) is 2. The summed E-state index contributed by atoms with van der Waals surface area (Å²) in [5, 5.41) is 10.9. The fourth-order valence-electron chi connectivity index (χ4n) is 3.49. The lowest BCUT2D eigenvalue weighted by Gasteiger charge is -2.31. The summed E-state index contributed by atoms with van der Waals surface area (Å²) in [4.78, 5) is 4.36. The molecule has 1 saturated carbocycles. The summed E-state index contributed by atoms with van der Waals surface area (Å²) in [5.74, 6) is 1.82. The van der Waals surface area contributed by atoms with Crippen LogP contribution in [0.15, 0.2) is 12.4 Å².